The van der Waals surface area contributed by atoms with E-state index in [2.05, 4.69) is 57.8 Å². The van der Waals surface area contributed by atoms with Gasteiger partial charge < -0.3 is 5.73 Å². The normalized spacial score (nSPS) is 12.6. The van der Waals surface area contributed by atoms with Crippen molar-refractivity contribution in [2.24, 2.45) is 5.73 Å². The van der Waals surface area contributed by atoms with Crippen molar-refractivity contribution in [2.75, 3.05) is 0 Å². The summed E-state index contributed by atoms with van der Waals surface area (Å²) in [6, 6.07) is 10.4. The van der Waals surface area contributed by atoms with Gasteiger partial charge in [0.15, 0.2) is 0 Å². The van der Waals surface area contributed by atoms with E-state index in [9.17, 15) is 0 Å². The van der Waals surface area contributed by atoms with Crippen LogP contribution in [0.4, 0.5) is 0 Å². The van der Waals surface area contributed by atoms with Gasteiger partial charge in [-0.2, -0.15) is 5.10 Å². The van der Waals surface area contributed by atoms with Crippen molar-refractivity contribution in [1.29, 1.82) is 0 Å². The molecule has 1 atom stereocenters. The Kier molecular flexibility index (Phi) is 4.77. The second kappa shape index (κ2) is 6.35. The third-order valence-corrected chi connectivity index (χ3v) is 3.77. The summed E-state index contributed by atoms with van der Waals surface area (Å²) in [7, 11) is 0. The van der Waals surface area contributed by atoms with Crippen molar-refractivity contribution in [1.82, 2.24) is 9.78 Å². The van der Waals surface area contributed by atoms with Crippen LogP contribution < -0.4 is 5.73 Å². The number of benzene rings is 1. The van der Waals surface area contributed by atoms with Gasteiger partial charge in [0.25, 0.3) is 0 Å². The summed E-state index contributed by atoms with van der Waals surface area (Å²) >= 11 is 3.49. The lowest BCUT2D eigenvalue weighted by Crippen LogP contribution is -2.16. The Hall–Kier alpha value is -1.13. The molecule has 0 aliphatic rings. The highest BCUT2D eigenvalue weighted by Crippen LogP contribution is 2.20. The van der Waals surface area contributed by atoms with Crippen LogP contribution in [0.15, 0.2) is 34.8 Å². The van der Waals surface area contributed by atoms with Gasteiger partial charge in [0.05, 0.1) is 5.69 Å². The van der Waals surface area contributed by atoms with Crippen molar-refractivity contribution >= 4 is 15.9 Å². The summed E-state index contributed by atoms with van der Waals surface area (Å²) in [6.07, 6.45) is 1.78. The topological polar surface area (TPSA) is 43.8 Å². The second-order valence-electron chi connectivity index (χ2n) is 4.66. The van der Waals surface area contributed by atoms with Gasteiger partial charge in [0.1, 0.15) is 0 Å². The molecule has 0 saturated heterocycles. The first-order valence-electron chi connectivity index (χ1n) is 6.70. The Morgan fingerprint density at radius 1 is 1.32 bits per heavy atom. The number of halogens is 1. The van der Waals surface area contributed by atoms with Crippen LogP contribution in [0.5, 0.6) is 0 Å². The Morgan fingerprint density at radius 2 is 2.11 bits per heavy atom. The fourth-order valence-electron chi connectivity index (χ4n) is 2.21. The van der Waals surface area contributed by atoms with Gasteiger partial charge in [-0.25, -0.2) is 0 Å². The van der Waals surface area contributed by atoms with Gasteiger partial charge in [-0.3, -0.25) is 4.68 Å². The number of hydrogen-bond acceptors (Lipinski definition) is 2. The summed E-state index contributed by atoms with van der Waals surface area (Å²) in [5.41, 5.74) is 9.81. The summed E-state index contributed by atoms with van der Waals surface area (Å²) < 4.78 is 3.12. The smallest absolute Gasteiger partial charge is 0.0624 e. The SMILES string of the molecule is CCc1cc(CC(N)c2cccc(Br)c2)n(CC)n1. The standard InChI is InChI=1S/C15H20BrN3/c1-3-13-9-14(19(4-2)18-13)10-15(17)11-6-5-7-12(16)8-11/h5-9,15H,3-4,10,17H2,1-2H3. The summed E-state index contributed by atoms with van der Waals surface area (Å²) in [4.78, 5) is 0. The molecule has 2 aromatic rings. The highest BCUT2D eigenvalue weighted by molar-refractivity contribution is 9.10. The van der Waals surface area contributed by atoms with Gasteiger partial charge in [0, 0.05) is 29.2 Å². The minimum atomic E-state index is 0.00389. The molecule has 102 valence electrons. The first-order chi connectivity index (χ1) is 9.13. The summed E-state index contributed by atoms with van der Waals surface area (Å²) in [5.74, 6) is 0. The van der Waals surface area contributed by atoms with E-state index in [1.165, 1.54) is 5.69 Å². The molecule has 0 saturated carbocycles. The number of nitrogens with zero attached hydrogens (tertiary/aromatic N) is 2. The predicted octanol–water partition coefficient (Wildman–Crippen LogP) is 3.47. The lowest BCUT2D eigenvalue weighted by atomic mass is 10.0. The van der Waals surface area contributed by atoms with Crippen LogP contribution in [-0.4, -0.2) is 9.78 Å². The molecular weight excluding hydrogens is 302 g/mol. The minimum Gasteiger partial charge on any atom is -0.324 e. The molecule has 0 fully saturated rings. The van der Waals surface area contributed by atoms with E-state index in [0.717, 1.165) is 35.1 Å². The van der Waals surface area contributed by atoms with E-state index < -0.39 is 0 Å². The minimum absolute atomic E-state index is 0.00389. The third-order valence-electron chi connectivity index (χ3n) is 3.28. The monoisotopic (exact) mass is 321 g/mol. The zero-order chi connectivity index (χ0) is 13.8. The predicted molar refractivity (Wildman–Crippen MR) is 82.1 cm³/mol. The number of nitrogens with two attached hydrogens (primary N) is 1. The van der Waals surface area contributed by atoms with Crippen LogP contribution in [-0.2, 0) is 19.4 Å². The molecule has 0 spiro atoms. The summed E-state index contributed by atoms with van der Waals surface area (Å²) in [6.45, 7) is 5.13. The zero-order valence-corrected chi connectivity index (χ0v) is 13.0. The van der Waals surface area contributed by atoms with Crippen LogP contribution in [0.3, 0.4) is 0 Å². The fourth-order valence-corrected chi connectivity index (χ4v) is 2.62. The Labute approximate surface area is 122 Å². The molecule has 0 radical (unpaired) electrons. The van der Waals surface area contributed by atoms with E-state index in [1.807, 2.05) is 12.1 Å². The Balaban J connectivity index is 2.18. The highest BCUT2D eigenvalue weighted by atomic mass is 79.9. The van der Waals surface area contributed by atoms with E-state index in [0.29, 0.717) is 0 Å². The molecule has 1 aromatic carbocycles. The van der Waals surface area contributed by atoms with Crippen molar-refractivity contribution in [3.05, 3.63) is 51.8 Å². The summed E-state index contributed by atoms with van der Waals surface area (Å²) in [5, 5.41) is 4.56. The van der Waals surface area contributed by atoms with Gasteiger partial charge in [0.2, 0.25) is 0 Å². The molecular formula is C15H20BrN3. The first-order valence-corrected chi connectivity index (χ1v) is 7.50. The first kappa shape index (κ1) is 14.3. The Bertz CT molecular complexity index is 548. The lowest BCUT2D eigenvalue weighted by Gasteiger charge is -2.13. The number of aromatic nitrogens is 2. The van der Waals surface area contributed by atoms with Gasteiger partial charge >= 0.3 is 0 Å². The zero-order valence-electron chi connectivity index (χ0n) is 11.4. The maximum Gasteiger partial charge on any atom is 0.0624 e. The molecule has 1 aromatic heterocycles. The molecule has 3 nitrogen and oxygen atoms in total. The molecule has 2 N–H and O–H groups in total. The number of rotatable bonds is 5. The van der Waals surface area contributed by atoms with Crippen LogP contribution in [0, 0.1) is 0 Å². The molecule has 1 heterocycles. The van der Waals surface area contributed by atoms with Gasteiger partial charge in [-0.05, 0) is 37.1 Å². The van der Waals surface area contributed by atoms with Crippen LogP contribution in [0.25, 0.3) is 0 Å². The maximum atomic E-state index is 6.31. The molecule has 19 heavy (non-hydrogen) atoms. The molecule has 0 aliphatic heterocycles. The average molecular weight is 322 g/mol. The van der Waals surface area contributed by atoms with Crippen LogP contribution in [0.1, 0.15) is 36.8 Å². The Morgan fingerprint density at radius 3 is 2.74 bits per heavy atom. The lowest BCUT2D eigenvalue weighted by molar-refractivity contribution is 0.585. The van der Waals surface area contributed by atoms with Crippen LogP contribution >= 0.6 is 15.9 Å². The maximum absolute atomic E-state index is 6.31. The molecule has 1 unspecified atom stereocenters. The average Bonchev–Trinajstić information content (AvgIpc) is 2.81. The highest BCUT2D eigenvalue weighted by Gasteiger charge is 2.12. The van der Waals surface area contributed by atoms with Crippen LogP contribution in [0.2, 0.25) is 0 Å². The van der Waals surface area contributed by atoms with E-state index in [-0.39, 0.29) is 6.04 Å². The second-order valence-corrected chi connectivity index (χ2v) is 5.58. The van der Waals surface area contributed by atoms with Crippen molar-refractivity contribution in [3.8, 4) is 0 Å². The van der Waals surface area contributed by atoms with Gasteiger partial charge in [-0.15, -0.1) is 0 Å². The van der Waals surface area contributed by atoms with E-state index >= 15 is 0 Å². The fraction of sp³-hybridized carbons (Fsp3) is 0.400. The van der Waals surface area contributed by atoms with Crippen molar-refractivity contribution in [2.45, 2.75) is 39.3 Å². The van der Waals surface area contributed by atoms with Crippen molar-refractivity contribution < 1.29 is 0 Å². The molecule has 0 aliphatic carbocycles. The third kappa shape index (κ3) is 3.45. The molecule has 0 amide bonds. The number of hydrogen-bond donors (Lipinski definition) is 1. The molecule has 0 bridgehead atoms. The number of aryl methyl sites for hydroxylation is 2. The molecule has 2 rings (SSSR count). The van der Waals surface area contributed by atoms with Crippen molar-refractivity contribution in [3.63, 3.8) is 0 Å². The molecule has 4 heteroatoms. The quantitative estimate of drug-likeness (QED) is 0.916. The van der Waals surface area contributed by atoms with E-state index in [1.54, 1.807) is 0 Å². The van der Waals surface area contributed by atoms with E-state index in [4.69, 9.17) is 5.73 Å². The largest absolute Gasteiger partial charge is 0.324 e. The van der Waals surface area contributed by atoms with Gasteiger partial charge in [-0.1, -0.05) is 35.0 Å².